The van der Waals surface area contributed by atoms with Gasteiger partial charge in [-0.15, -0.1) is 0 Å². The Morgan fingerprint density at radius 3 is 2.33 bits per heavy atom. The highest BCUT2D eigenvalue weighted by atomic mass is 79.9. The number of hydrogen-bond donors (Lipinski definition) is 0. The van der Waals surface area contributed by atoms with Crippen LogP contribution in [0, 0.1) is 13.8 Å². The number of carbonyl (C=O) groups excluding carboxylic acids is 1. The van der Waals surface area contributed by atoms with E-state index in [0.717, 1.165) is 54.6 Å². The maximum absolute atomic E-state index is 13.7. The summed E-state index contributed by atoms with van der Waals surface area (Å²) in [4.78, 5) is 15.8. The quantitative estimate of drug-likeness (QED) is 0.615. The second-order valence-electron chi connectivity index (χ2n) is 8.56. The third-order valence-electron chi connectivity index (χ3n) is 6.66. The molecule has 160 valence electrons. The lowest BCUT2D eigenvalue weighted by Gasteiger charge is -2.42. The third kappa shape index (κ3) is 4.42. The number of piperidine rings is 1. The van der Waals surface area contributed by atoms with Crippen LogP contribution in [0.5, 0.6) is 5.75 Å². The Balaban J connectivity index is 1.44. The molecule has 0 radical (unpaired) electrons. The first-order chi connectivity index (χ1) is 14.5. The van der Waals surface area contributed by atoms with Gasteiger partial charge in [-0.05, 0) is 67.6 Å². The van der Waals surface area contributed by atoms with E-state index in [2.05, 4.69) is 54.0 Å². The lowest BCUT2D eigenvalue weighted by molar-refractivity contribution is -0.143. The van der Waals surface area contributed by atoms with Crippen molar-refractivity contribution in [2.24, 2.45) is 0 Å². The van der Waals surface area contributed by atoms with Gasteiger partial charge in [0.2, 0.25) is 5.91 Å². The molecule has 2 aromatic carbocycles. The van der Waals surface area contributed by atoms with E-state index >= 15 is 0 Å². The molecule has 4 nitrogen and oxygen atoms in total. The molecule has 0 atom stereocenters. The summed E-state index contributed by atoms with van der Waals surface area (Å²) < 4.78 is 12.9. The molecule has 0 N–H and O–H groups in total. The molecule has 0 saturated carbocycles. The van der Waals surface area contributed by atoms with Crippen molar-refractivity contribution in [3.05, 3.63) is 63.6 Å². The van der Waals surface area contributed by atoms with Gasteiger partial charge < -0.3 is 14.4 Å². The van der Waals surface area contributed by atoms with Crippen LogP contribution in [0.2, 0.25) is 0 Å². The molecular formula is C25H30BrNO3. The van der Waals surface area contributed by atoms with Gasteiger partial charge in [0.15, 0.2) is 0 Å². The Hall–Kier alpha value is -1.85. The first-order valence-corrected chi connectivity index (χ1v) is 11.6. The van der Waals surface area contributed by atoms with Crippen molar-refractivity contribution >= 4 is 21.8 Å². The van der Waals surface area contributed by atoms with Crippen molar-refractivity contribution < 1.29 is 14.3 Å². The van der Waals surface area contributed by atoms with Crippen molar-refractivity contribution in [2.75, 3.05) is 26.3 Å². The minimum atomic E-state index is -0.472. The number of carbonyl (C=O) groups is 1. The van der Waals surface area contributed by atoms with Crippen LogP contribution >= 0.6 is 15.9 Å². The van der Waals surface area contributed by atoms with Crippen LogP contribution in [0.25, 0.3) is 0 Å². The van der Waals surface area contributed by atoms with Crippen LogP contribution in [0.1, 0.15) is 42.4 Å². The molecule has 0 aliphatic carbocycles. The summed E-state index contributed by atoms with van der Waals surface area (Å²) in [5.74, 6) is 1.18. The van der Waals surface area contributed by atoms with E-state index in [1.165, 1.54) is 11.1 Å². The zero-order valence-electron chi connectivity index (χ0n) is 17.8. The number of likely N-dealkylation sites (tertiary alicyclic amines) is 1. The zero-order valence-corrected chi connectivity index (χ0v) is 19.4. The Bertz CT molecular complexity index is 882. The van der Waals surface area contributed by atoms with Crippen molar-refractivity contribution in [2.45, 2.75) is 51.0 Å². The number of hydrogen-bond acceptors (Lipinski definition) is 3. The number of halogens is 1. The second kappa shape index (κ2) is 9.11. The highest BCUT2D eigenvalue weighted by Gasteiger charge is 2.44. The molecular weight excluding hydrogens is 442 g/mol. The number of aryl methyl sites for hydroxylation is 2. The molecule has 4 rings (SSSR count). The molecule has 2 aliphatic rings. The average Bonchev–Trinajstić information content (AvgIpc) is 2.77. The van der Waals surface area contributed by atoms with Crippen LogP contribution in [-0.2, 0) is 14.9 Å². The average molecular weight is 472 g/mol. The molecule has 0 spiro atoms. The minimum Gasteiger partial charge on any atom is -0.490 e. The monoisotopic (exact) mass is 471 g/mol. The van der Waals surface area contributed by atoms with Crippen LogP contribution in [0.3, 0.4) is 0 Å². The molecule has 0 bridgehead atoms. The topological polar surface area (TPSA) is 38.8 Å². The third-order valence-corrected chi connectivity index (χ3v) is 7.19. The second-order valence-corrected chi connectivity index (χ2v) is 9.47. The zero-order chi connectivity index (χ0) is 21.1. The van der Waals surface area contributed by atoms with Gasteiger partial charge in [-0.1, -0.05) is 34.1 Å². The Morgan fingerprint density at radius 1 is 1.03 bits per heavy atom. The summed E-state index contributed by atoms with van der Waals surface area (Å²) in [6.07, 6.45) is 3.38. The molecule has 2 aromatic rings. The normalized spacial score (nSPS) is 19.5. The van der Waals surface area contributed by atoms with Crippen molar-refractivity contribution in [3.63, 3.8) is 0 Å². The fourth-order valence-electron chi connectivity index (χ4n) is 4.57. The summed E-state index contributed by atoms with van der Waals surface area (Å²) in [6, 6.07) is 14.5. The first-order valence-electron chi connectivity index (χ1n) is 10.8. The lowest BCUT2D eigenvalue weighted by atomic mass is 9.72. The van der Waals surface area contributed by atoms with Gasteiger partial charge in [-0.25, -0.2) is 0 Å². The predicted octanol–water partition coefficient (Wildman–Crippen LogP) is 5.18. The van der Waals surface area contributed by atoms with Gasteiger partial charge in [0.25, 0.3) is 0 Å². The first kappa shape index (κ1) is 21.4. The standard InChI is InChI=1S/C25H30BrNO3/c1-18-3-8-23(17-19(18)2)30-22-9-13-27(14-10-22)24(28)25(11-15-29-16-12-25)20-4-6-21(26)7-5-20/h3-8,17,22H,9-16H2,1-2H3. The fourth-order valence-corrected chi connectivity index (χ4v) is 4.84. The Morgan fingerprint density at radius 2 is 1.70 bits per heavy atom. The summed E-state index contributed by atoms with van der Waals surface area (Å²) in [5, 5.41) is 0. The van der Waals surface area contributed by atoms with Crippen LogP contribution in [0.15, 0.2) is 46.9 Å². The van der Waals surface area contributed by atoms with Gasteiger partial charge in [0.1, 0.15) is 11.9 Å². The van der Waals surface area contributed by atoms with E-state index in [9.17, 15) is 4.79 Å². The van der Waals surface area contributed by atoms with Crippen molar-refractivity contribution in [3.8, 4) is 5.75 Å². The lowest BCUT2D eigenvalue weighted by Crippen LogP contribution is -2.53. The van der Waals surface area contributed by atoms with E-state index in [4.69, 9.17) is 9.47 Å². The van der Waals surface area contributed by atoms with Gasteiger partial charge in [0.05, 0.1) is 5.41 Å². The molecule has 2 heterocycles. The van der Waals surface area contributed by atoms with Gasteiger partial charge >= 0.3 is 0 Å². The number of nitrogens with zero attached hydrogens (tertiary/aromatic N) is 1. The summed E-state index contributed by atoms with van der Waals surface area (Å²) in [5.41, 5.74) is 3.15. The fraction of sp³-hybridized carbons (Fsp3) is 0.480. The number of benzene rings is 2. The van der Waals surface area contributed by atoms with E-state index in [-0.39, 0.29) is 12.0 Å². The van der Waals surface area contributed by atoms with Crippen LogP contribution < -0.4 is 4.74 Å². The molecule has 2 fully saturated rings. The summed E-state index contributed by atoms with van der Waals surface area (Å²) in [7, 11) is 0. The molecule has 2 aliphatic heterocycles. The molecule has 0 unspecified atom stereocenters. The maximum atomic E-state index is 13.7. The van der Waals surface area contributed by atoms with E-state index in [1.807, 2.05) is 23.1 Å². The van der Waals surface area contributed by atoms with E-state index in [0.29, 0.717) is 13.2 Å². The number of rotatable bonds is 4. The van der Waals surface area contributed by atoms with Crippen LogP contribution in [-0.4, -0.2) is 43.2 Å². The summed E-state index contributed by atoms with van der Waals surface area (Å²) >= 11 is 3.51. The smallest absolute Gasteiger partial charge is 0.233 e. The van der Waals surface area contributed by atoms with Gasteiger partial charge in [-0.2, -0.15) is 0 Å². The molecule has 2 saturated heterocycles. The van der Waals surface area contributed by atoms with Crippen LogP contribution in [0.4, 0.5) is 0 Å². The Kier molecular flexibility index (Phi) is 6.49. The minimum absolute atomic E-state index is 0.162. The van der Waals surface area contributed by atoms with Gasteiger partial charge in [0, 0.05) is 43.6 Å². The van der Waals surface area contributed by atoms with E-state index < -0.39 is 5.41 Å². The summed E-state index contributed by atoms with van der Waals surface area (Å²) in [6.45, 7) is 6.98. The highest BCUT2D eigenvalue weighted by Crippen LogP contribution is 2.38. The molecule has 30 heavy (non-hydrogen) atoms. The number of amides is 1. The SMILES string of the molecule is Cc1ccc(OC2CCN(C(=O)C3(c4ccc(Br)cc4)CCOCC3)CC2)cc1C. The maximum Gasteiger partial charge on any atom is 0.233 e. The highest BCUT2D eigenvalue weighted by molar-refractivity contribution is 9.10. The number of ether oxygens (including phenoxy) is 2. The molecule has 1 amide bonds. The van der Waals surface area contributed by atoms with Crippen molar-refractivity contribution in [1.82, 2.24) is 4.90 Å². The van der Waals surface area contributed by atoms with Crippen molar-refractivity contribution in [1.29, 1.82) is 0 Å². The largest absolute Gasteiger partial charge is 0.490 e. The van der Waals surface area contributed by atoms with E-state index in [1.54, 1.807) is 0 Å². The van der Waals surface area contributed by atoms with Gasteiger partial charge in [-0.3, -0.25) is 4.79 Å². The predicted molar refractivity (Wildman–Crippen MR) is 122 cm³/mol. The molecule has 0 aromatic heterocycles. The molecule has 5 heteroatoms. The Labute approximate surface area is 187 Å².